The van der Waals surface area contributed by atoms with Crippen LogP contribution in [0, 0.1) is 5.82 Å². The molecule has 0 saturated heterocycles. The minimum Gasteiger partial charge on any atom is -0.337 e. The van der Waals surface area contributed by atoms with Gasteiger partial charge in [0.1, 0.15) is 5.82 Å². The summed E-state index contributed by atoms with van der Waals surface area (Å²) >= 11 is 0. The number of carbonyl (C=O) groups is 2. The van der Waals surface area contributed by atoms with Gasteiger partial charge in [0.25, 0.3) is 5.91 Å². The molecule has 3 rings (SSSR count). The molecular weight excluding hydrogens is 355 g/mol. The van der Waals surface area contributed by atoms with Crippen LogP contribution in [0.3, 0.4) is 0 Å². The summed E-state index contributed by atoms with van der Waals surface area (Å²) in [5.74, 6) is -0.791. The van der Waals surface area contributed by atoms with Crippen molar-refractivity contribution in [3.8, 4) is 0 Å². The van der Waals surface area contributed by atoms with Crippen LogP contribution in [0.2, 0.25) is 0 Å². The molecule has 0 aliphatic rings. The predicted molar refractivity (Wildman–Crippen MR) is 107 cm³/mol. The average molecular weight is 376 g/mol. The molecule has 0 fully saturated rings. The summed E-state index contributed by atoms with van der Waals surface area (Å²) in [6.07, 6.45) is 0.0999. The molecule has 28 heavy (non-hydrogen) atoms. The van der Waals surface area contributed by atoms with Crippen LogP contribution in [0.15, 0.2) is 78.9 Å². The summed E-state index contributed by atoms with van der Waals surface area (Å²) in [5, 5.41) is 2.79. The number of benzene rings is 3. The van der Waals surface area contributed by atoms with Crippen molar-refractivity contribution in [3.63, 3.8) is 0 Å². The van der Waals surface area contributed by atoms with Crippen LogP contribution in [0.1, 0.15) is 21.5 Å². The smallest absolute Gasteiger partial charge is 0.256 e. The summed E-state index contributed by atoms with van der Waals surface area (Å²) < 4.78 is 13.0. The Bertz CT molecular complexity index is 956. The molecule has 2 amide bonds. The monoisotopic (exact) mass is 376 g/mol. The summed E-state index contributed by atoms with van der Waals surface area (Å²) in [6, 6.07) is 22.4. The molecule has 3 aromatic rings. The highest BCUT2D eigenvalue weighted by molar-refractivity contribution is 6.04. The van der Waals surface area contributed by atoms with Gasteiger partial charge >= 0.3 is 0 Å². The molecular formula is C23H21FN2O2. The molecule has 0 aliphatic heterocycles. The van der Waals surface area contributed by atoms with Crippen molar-refractivity contribution in [2.75, 3.05) is 12.4 Å². The minimum absolute atomic E-state index is 0.0999. The van der Waals surface area contributed by atoms with E-state index in [0.717, 1.165) is 5.56 Å². The SMILES string of the molecule is CN(Cc1ccccc1)C(=O)c1ccccc1NC(=O)Cc1ccc(F)cc1. The van der Waals surface area contributed by atoms with Crippen molar-refractivity contribution in [2.45, 2.75) is 13.0 Å². The number of hydrogen-bond acceptors (Lipinski definition) is 2. The van der Waals surface area contributed by atoms with Gasteiger partial charge in [0.2, 0.25) is 5.91 Å². The predicted octanol–water partition coefficient (Wildman–Crippen LogP) is 4.28. The van der Waals surface area contributed by atoms with Gasteiger partial charge in [-0.2, -0.15) is 0 Å². The number of amides is 2. The first kappa shape index (κ1) is 19.3. The van der Waals surface area contributed by atoms with E-state index < -0.39 is 0 Å². The second kappa shape index (κ2) is 8.95. The van der Waals surface area contributed by atoms with Crippen LogP contribution in [-0.4, -0.2) is 23.8 Å². The Labute approximate surface area is 163 Å². The molecule has 4 nitrogen and oxygen atoms in total. The molecule has 1 N–H and O–H groups in total. The van der Waals surface area contributed by atoms with E-state index in [0.29, 0.717) is 23.4 Å². The van der Waals surface area contributed by atoms with Gasteiger partial charge in [-0.3, -0.25) is 9.59 Å². The Morgan fingerprint density at radius 2 is 1.50 bits per heavy atom. The van der Waals surface area contributed by atoms with Gasteiger partial charge in [0.05, 0.1) is 17.7 Å². The number of rotatable bonds is 6. The lowest BCUT2D eigenvalue weighted by Crippen LogP contribution is -2.27. The quantitative estimate of drug-likeness (QED) is 0.698. The Hall–Kier alpha value is -3.47. The molecule has 0 unspecified atom stereocenters. The number of carbonyl (C=O) groups excluding carboxylic acids is 2. The molecule has 0 heterocycles. The molecule has 0 aromatic heterocycles. The maximum absolute atomic E-state index is 13.0. The van der Waals surface area contributed by atoms with E-state index in [4.69, 9.17) is 0 Å². The molecule has 5 heteroatoms. The van der Waals surface area contributed by atoms with Crippen LogP contribution >= 0.6 is 0 Å². The normalized spacial score (nSPS) is 10.4. The number of nitrogens with zero attached hydrogens (tertiary/aromatic N) is 1. The highest BCUT2D eigenvalue weighted by atomic mass is 19.1. The average Bonchev–Trinajstić information content (AvgIpc) is 2.70. The molecule has 0 radical (unpaired) electrons. The van der Waals surface area contributed by atoms with Crippen LogP contribution < -0.4 is 5.32 Å². The van der Waals surface area contributed by atoms with Crippen molar-refractivity contribution in [3.05, 3.63) is 101 Å². The molecule has 0 aliphatic carbocycles. The van der Waals surface area contributed by atoms with Gasteiger partial charge in [-0.05, 0) is 35.4 Å². The Morgan fingerprint density at radius 1 is 0.857 bits per heavy atom. The minimum atomic E-state index is -0.346. The number of para-hydroxylation sites is 1. The van der Waals surface area contributed by atoms with Gasteiger partial charge in [-0.25, -0.2) is 4.39 Å². The van der Waals surface area contributed by atoms with Gasteiger partial charge in [-0.15, -0.1) is 0 Å². The first-order valence-electron chi connectivity index (χ1n) is 8.95. The third-order valence-electron chi connectivity index (χ3n) is 4.32. The fourth-order valence-electron chi connectivity index (χ4n) is 2.90. The molecule has 0 spiro atoms. The van der Waals surface area contributed by atoms with E-state index in [1.54, 1.807) is 48.3 Å². The Kier molecular flexibility index (Phi) is 6.17. The van der Waals surface area contributed by atoms with Crippen molar-refractivity contribution in [1.82, 2.24) is 4.90 Å². The molecule has 3 aromatic carbocycles. The summed E-state index contributed by atoms with van der Waals surface area (Å²) in [5.41, 5.74) is 2.60. The van der Waals surface area contributed by atoms with Gasteiger partial charge in [0, 0.05) is 13.6 Å². The number of hydrogen-bond donors (Lipinski definition) is 1. The van der Waals surface area contributed by atoms with E-state index in [1.165, 1.54) is 12.1 Å². The molecule has 0 saturated carbocycles. The van der Waals surface area contributed by atoms with Crippen molar-refractivity contribution >= 4 is 17.5 Å². The summed E-state index contributed by atoms with van der Waals surface area (Å²) in [4.78, 5) is 26.9. The Morgan fingerprint density at radius 3 is 2.21 bits per heavy atom. The van der Waals surface area contributed by atoms with Crippen LogP contribution in [-0.2, 0) is 17.8 Å². The molecule has 142 valence electrons. The number of nitrogens with one attached hydrogen (secondary N) is 1. The standard InChI is InChI=1S/C23H21FN2O2/c1-26(16-18-7-3-2-4-8-18)23(28)20-9-5-6-10-21(20)25-22(27)15-17-11-13-19(24)14-12-17/h2-14H,15-16H2,1H3,(H,25,27). The van der Waals surface area contributed by atoms with Gasteiger partial charge < -0.3 is 10.2 Å². The topological polar surface area (TPSA) is 49.4 Å². The summed E-state index contributed by atoms with van der Waals surface area (Å²) in [7, 11) is 1.73. The number of halogens is 1. The highest BCUT2D eigenvalue weighted by Crippen LogP contribution is 2.18. The molecule has 0 atom stereocenters. The second-order valence-corrected chi connectivity index (χ2v) is 6.54. The van der Waals surface area contributed by atoms with E-state index in [9.17, 15) is 14.0 Å². The lowest BCUT2D eigenvalue weighted by atomic mass is 10.1. The van der Waals surface area contributed by atoms with Gasteiger partial charge in [-0.1, -0.05) is 54.6 Å². The van der Waals surface area contributed by atoms with E-state index in [2.05, 4.69) is 5.32 Å². The second-order valence-electron chi connectivity index (χ2n) is 6.54. The maximum Gasteiger partial charge on any atom is 0.256 e. The lowest BCUT2D eigenvalue weighted by molar-refractivity contribution is -0.115. The third kappa shape index (κ3) is 5.04. The van der Waals surface area contributed by atoms with Gasteiger partial charge in [0.15, 0.2) is 0 Å². The lowest BCUT2D eigenvalue weighted by Gasteiger charge is -2.19. The fraction of sp³-hybridized carbons (Fsp3) is 0.130. The summed E-state index contributed by atoms with van der Waals surface area (Å²) in [6.45, 7) is 0.470. The zero-order chi connectivity index (χ0) is 19.9. The van der Waals surface area contributed by atoms with Crippen LogP contribution in [0.5, 0.6) is 0 Å². The van der Waals surface area contributed by atoms with Crippen molar-refractivity contribution in [1.29, 1.82) is 0 Å². The largest absolute Gasteiger partial charge is 0.337 e. The fourth-order valence-corrected chi connectivity index (χ4v) is 2.90. The maximum atomic E-state index is 13.0. The van der Waals surface area contributed by atoms with E-state index >= 15 is 0 Å². The van der Waals surface area contributed by atoms with Crippen molar-refractivity contribution in [2.24, 2.45) is 0 Å². The van der Waals surface area contributed by atoms with E-state index in [-0.39, 0.29) is 24.1 Å². The van der Waals surface area contributed by atoms with E-state index in [1.807, 2.05) is 30.3 Å². The zero-order valence-electron chi connectivity index (χ0n) is 15.6. The highest BCUT2D eigenvalue weighted by Gasteiger charge is 2.17. The Balaban J connectivity index is 1.70. The van der Waals surface area contributed by atoms with Crippen molar-refractivity contribution < 1.29 is 14.0 Å². The molecule has 0 bridgehead atoms. The van der Waals surface area contributed by atoms with Crippen LogP contribution in [0.25, 0.3) is 0 Å². The third-order valence-corrected chi connectivity index (χ3v) is 4.32. The first-order valence-corrected chi connectivity index (χ1v) is 8.95. The zero-order valence-corrected chi connectivity index (χ0v) is 15.6. The number of anilines is 1. The first-order chi connectivity index (χ1) is 13.5. The van der Waals surface area contributed by atoms with Crippen LogP contribution in [0.4, 0.5) is 10.1 Å².